The molecule has 0 saturated heterocycles. The zero-order chi connectivity index (χ0) is 7.56. The number of Topliss-reactive ketones (excluding diaryl/α,β-unsaturated/α-hetero) is 1. The van der Waals surface area contributed by atoms with Gasteiger partial charge in [-0.1, -0.05) is 5.16 Å². The van der Waals surface area contributed by atoms with Crippen LogP contribution in [0.3, 0.4) is 0 Å². The van der Waals surface area contributed by atoms with Gasteiger partial charge in [0.2, 0.25) is 0 Å². The van der Waals surface area contributed by atoms with Crippen LogP contribution in [-0.2, 0) is 4.79 Å². The van der Waals surface area contributed by atoms with Crippen LogP contribution in [0, 0.1) is 5.92 Å². The lowest BCUT2D eigenvalue weighted by Gasteiger charge is -1.95. The van der Waals surface area contributed by atoms with Gasteiger partial charge < -0.3 is 5.21 Å². The van der Waals surface area contributed by atoms with Crippen molar-refractivity contribution in [2.24, 2.45) is 11.1 Å². The monoisotopic (exact) mass is 141 g/mol. The molecular formula is C7H11NO2. The minimum Gasteiger partial charge on any atom is -0.411 e. The molecule has 1 aliphatic rings. The summed E-state index contributed by atoms with van der Waals surface area (Å²) in [6.07, 6.45) is 3.00. The highest BCUT2D eigenvalue weighted by Crippen LogP contribution is 2.32. The molecule has 10 heavy (non-hydrogen) atoms. The van der Waals surface area contributed by atoms with Crippen molar-refractivity contribution in [3.8, 4) is 0 Å². The Morgan fingerprint density at radius 3 is 2.60 bits per heavy atom. The zero-order valence-corrected chi connectivity index (χ0v) is 6.00. The predicted molar refractivity (Wildman–Crippen MR) is 37.2 cm³/mol. The second kappa shape index (κ2) is 2.82. The van der Waals surface area contributed by atoms with E-state index in [9.17, 15) is 4.79 Å². The van der Waals surface area contributed by atoms with Crippen molar-refractivity contribution in [2.45, 2.75) is 26.2 Å². The minimum absolute atomic E-state index is 0.116. The molecule has 0 aliphatic heterocycles. The Morgan fingerprint density at radius 2 is 2.30 bits per heavy atom. The van der Waals surface area contributed by atoms with Crippen molar-refractivity contribution >= 4 is 11.5 Å². The first-order valence-electron chi connectivity index (χ1n) is 3.46. The molecule has 56 valence electrons. The third-order valence-corrected chi connectivity index (χ3v) is 1.71. The average Bonchev–Trinajstić information content (AvgIpc) is 2.64. The Hall–Kier alpha value is -0.860. The predicted octanol–water partition coefficient (Wildman–Crippen LogP) is 1.21. The summed E-state index contributed by atoms with van der Waals surface area (Å²) in [6, 6.07) is 0. The molecular weight excluding hydrogens is 130 g/mol. The molecule has 0 radical (unpaired) electrons. The van der Waals surface area contributed by atoms with E-state index in [2.05, 4.69) is 5.16 Å². The van der Waals surface area contributed by atoms with Gasteiger partial charge in [-0.25, -0.2) is 0 Å². The van der Waals surface area contributed by atoms with Gasteiger partial charge in [-0.15, -0.1) is 0 Å². The van der Waals surface area contributed by atoms with Crippen LogP contribution >= 0.6 is 0 Å². The Balaban J connectivity index is 2.40. The number of hydrogen-bond donors (Lipinski definition) is 1. The Labute approximate surface area is 59.7 Å². The van der Waals surface area contributed by atoms with Crippen LogP contribution in [0.2, 0.25) is 0 Å². The summed E-state index contributed by atoms with van der Waals surface area (Å²) in [5.74, 6) is 0.490. The van der Waals surface area contributed by atoms with E-state index >= 15 is 0 Å². The van der Waals surface area contributed by atoms with Crippen LogP contribution < -0.4 is 0 Å². The smallest absolute Gasteiger partial charge is 0.177 e. The average molecular weight is 141 g/mol. The fraction of sp³-hybridized carbons (Fsp3) is 0.714. The van der Waals surface area contributed by atoms with Gasteiger partial charge >= 0.3 is 0 Å². The number of nitrogens with zero attached hydrogens (tertiary/aromatic N) is 1. The topological polar surface area (TPSA) is 49.7 Å². The zero-order valence-electron chi connectivity index (χ0n) is 6.00. The van der Waals surface area contributed by atoms with Gasteiger partial charge in [0.1, 0.15) is 5.71 Å². The summed E-state index contributed by atoms with van der Waals surface area (Å²) in [4.78, 5) is 10.6. The molecule has 0 aromatic heterocycles. The van der Waals surface area contributed by atoms with Gasteiger partial charge in [0, 0.05) is 6.92 Å². The number of rotatable bonds is 3. The van der Waals surface area contributed by atoms with Gasteiger partial charge in [-0.3, -0.25) is 4.79 Å². The van der Waals surface area contributed by atoms with Crippen molar-refractivity contribution < 1.29 is 10.0 Å². The standard InChI is InChI=1S/C7H11NO2/c1-5(9)7(8-10)4-6-2-3-6/h6,10H,2-4H2,1H3/b8-7+. The lowest BCUT2D eigenvalue weighted by atomic mass is 10.1. The summed E-state index contributed by atoms with van der Waals surface area (Å²) in [6.45, 7) is 1.43. The van der Waals surface area contributed by atoms with E-state index in [4.69, 9.17) is 5.21 Å². The summed E-state index contributed by atoms with van der Waals surface area (Å²) < 4.78 is 0. The van der Waals surface area contributed by atoms with Gasteiger partial charge in [-0.2, -0.15) is 0 Å². The molecule has 0 bridgehead atoms. The lowest BCUT2D eigenvalue weighted by molar-refractivity contribution is -0.111. The fourth-order valence-corrected chi connectivity index (χ4v) is 0.850. The van der Waals surface area contributed by atoms with E-state index in [1.807, 2.05) is 0 Å². The van der Waals surface area contributed by atoms with Gasteiger partial charge in [-0.05, 0) is 25.2 Å². The second-order valence-electron chi connectivity index (χ2n) is 2.75. The van der Waals surface area contributed by atoms with Gasteiger partial charge in [0.25, 0.3) is 0 Å². The summed E-state index contributed by atoms with van der Waals surface area (Å²) >= 11 is 0. The van der Waals surface area contributed by atoms with E-state index in [0.29, 0.717) is 18.1 Å². The quantitative estimate of drug-likeness (QED) is 0.365. The van der Waals surface area contributed by atoms with Crippen molar-refractivity contribution in [2.75, 3.05) is 0 Å². The Kier molecular flexibility index (Phi) is 2.04. The van der Waals surface area contributed by atoms with E-state index in [1.54, 1.807) is 0 Å². The number of carbonyl (C=O) groups excluding carboxylic acids is 1. The summed E-state index contributed by atoms with van der Waals surface area (Å²) in [7, 11) is 0. The van der Waals surface area contributed by atoms with Crippen LogP contribution in [0.4, 0.5) is 0 Å². The van der Waals surface area contributed by atoms with E-state index in [1.165, 1.54) is 19.8 Å². The van der Waals surface area contributed by atoms with Crippen molar-refractivity contribution in [3.05, 3.63) is 0 Å². The summed E-state index contributed by atoms with van der Waals surface area (Å²) in [5, 5.41) is 11.3. The first-order valence-corrected chi connectivity index (χ1v) is 3.46. The molecule has 0 aromatic carbocycles. The Bertz CT molecular complexity index is 170. The largest absolute Gasteiger partial charge is 0.411 e. The molecule has 0 unspecified atom stereocenters. The third-order valence-electron chi connectivity index (χ3n) is 1.71. The summed E-state index contributed by atoms with van der Waals surface area (Å²) in [5.41, 5.74) is 0.322. The first kappa shape index (κ1) is 7.25. The molecule has 1 saturated carbocycles. The molecule has 3 heteroatoms. The van der Waals surface area contributed by atoms with Crippen LogP contribution in [0.5, 0.6) is 0 Å². The maximum atomic E-state index is 10.6. The van der Waals surface area contributed by atoms with Gasteiger partial charge in [0.15, 0.2) is 5.78 Å². The molecule has 1 fully saturated rings. The van der Waals surface area contributed by atoms with E-state index in [0.717, 1.165) is 0 Å². The Morgan fingerprint density at radius 1 is 1.70 bits per heavy atom. The van der Waals surface area contributed by atoms with Crippen molar-refractivity contribution in [3.63, 3.8) is 0 Å². The SMILES string of the molecule is CC(=O)/C(CC1CC1)=N/O. The molecule has 0 atom stereocenters. The fourth-order valence-electron chi connectivity index (χ4n) is 0.850. The molecule has 1 aliphatic carbocycles. The number of hydrogen-bond acceptors (Lipinski definition) is 3. The number of carbonyl (C=O) groups is 1. The van der Waals surface area contributed by atoms with Crippen LogP contribution in [0.1, 0.15) is 26.2 Å². The number of oxime groups is 1. The highest BCUT2D eigenvalue weighted by atomic mass is 16.4. The lowest BCUT2D eigenvalue weighted by Crippen LogP contribution is -2.10. The first-order chi connectivity index (χ1) is 4.74. The van der Waals surface area contributed by atoms with E-state index < -0.39 is 0 Å². The second-order valence-corrected chi connectivity index (χ2v) is 2.75. The molecule has 0 heterocycles. The third kappa shape index (κ3) is 1.83. The van der Waals surface area contributed by atoms with Crippen LogP contribution in [0.25, 0.3) is 0 Å². The molecule has 1 N–H and O–H groups in total. The molecule has 0 spiro atoms. The van der Waals surface area contributed by atoms with Crippen LogP contribution in [0.15, 0.2) is 5.16 Å². The molecule has 0 aromatic rings. The van der Waals surface area contributed by atoms with Crippen molar-refractivity contribution in [1.29, 1.82) is 0 Å². The maximum absolute atomic E-state index is 10.6. The molecule has 0 amide bonds. The highest BCUT2D eigenvalue weighted by molar-refractivity contribution is 6.38. The minimum atomic E-state index is -0.116. The molecule has 3 nitrogen and oxygen atoms in total. The van der Waals surface area contributed by atoms with Gasteiger partial charge in [0.05, 0.1) is 0 Å². The van der Waals surface area contributed by atoms with Crippen molar-refractivity contribution in [1.82, 2.24) is 0 Å². The normalized spacial score (nSPS) is 19.1. The molecule has 1 rings (SSSR count). The van der Waals surface area contributed by atoms with E-state index in [-0.39, 0.29) is 5.78 Å². The highest BCUT2D eigenvalue weighted by Gasteiger charge is 2.24. The van der Waals surface area contributed by atoms with Crippen LogP contribution in [-0.4, -0.2) is 16.7 Å². The number of ketones is 1. The maximum Gasteiger partial charge on any atom is 0.177 e.